The van der Waals surface area contributed by atoms with E-state index in [1.54, 1.807) is 34.7 Å². The van der Waals surface area contributed by atoms with Crippen LogP contribution >= 0.6 is 0 Å². The fourth-order valence-corrected chi connectivity index (χ4v) is 4.74. The first-order valence-electron chi connectivity index (χ1n) is 7.91. The van der Waals surface area contributed by atoms with Gasteiger partial charge in [-0.25, -0.2) is 13.2 Å². The molecule has 0 saturated carbocycles. The van der Waals surface area contributed by atoms with Crippen LogP contribution in [0.3, 0.4) is 0 Å². The Morgan fingerprint density at radius 2 is 1.92 bits per heavy atom. The lowest BCUT2D eigenvalue weighted by molar-refractivity contribution is 0.0376. The van der Waals surface area contributed by atoms with Gasteiger partial charge in [-0.1, -0.05) is 0 Å². The summed E-state index contributed by atoms with van der Waals surface area (Å²) in [6.07, 6.45) is 0.183. The molecular weight excluding hydrogens is 332 g/mol. The minimum Gasteiger partial charge on any atom is -0.459 e. The predicted octanol–water partition coefficient (Wildman–Crippen LogP) is 1.46. The number of sulfone groups is 1. The van der Waals surface area contributed by atoms with Gasteiger partial charge in [0.15, 0.2) is 9.84 Å². The number of aryl methyl sites for hydroxylation is 1. The van der Waals surface area contributed by atoms with Crippen LogP contribution in [0.15, 0.2) is 0 Å². The maximum atomic E-state index is 12.7. The molecular formula is C16H24N2O5S. The fraction of sp³-hybridized carbons (Fsp3) is 0.625. The van der Waals surface area contributed by atoms with E-state index in [4.69, 9.17) is 4.74 Å². The van der Waals surface area contributed by atoms with E-state index < -0.39 is 15.8 Å². The largest absolute Gasteiger partial charge is 0.459 e. The van der Waals surface area contributed by atoms with Crippen LogP contribution < -0.4 is 0 Å². The number of rotatable bonds is 4. The molecule has 1 fully saturated rings. The van der Waals surface area contributed by atoms with Gasteiger partial charge in [0.2, 0.25) is 0 Å². The molecule has 0 aliphatic carbocycles. The van der Waals surface area contributed by atoms with Gasteiger partial charge in [-0.3, -0.25) is 4.79 Å². The molecule has 8 heteroatoms. The smallest absolute Gasteiger partial charge is 0.340 e. The third-order valence-electron chi connectivity index (χ3n) is 4.27. The Kier molecular flexibility index (Phi) is 5.08. The van der Waals surface area contributed by atoms with E-state index in [1.807, 2.05) is 0 Å². The van der Waals surface area contributed by atoms with Crippen LogP contribution in [-0.4, -0.2) is 60.9 Å². The number of esters is 1. The zero-order chi connectivity index (χ0) is 18.2. The third-order valence-corrected chi connectivity index (χ3v) is 6.03. The maximum absolute atomic E-state index is 12.7. The van der Waals surface area contributed by atoms with Crippen LogP contribution in [0.4, 0.5) is 0 Å². The summed E-state index contributed by atoms with van der Waals surface area (Å²) in [6.45, 7) is 6.92. The van der Waals surface area contributed by atoms with Crippen molar-refractivity contribution in [2.45, 2.75) is 46.3 Å². The first-order chi connectivity index (χ1) is 11.0. The summed E-state index contributed by atoms with van der Waals surface area (Å²) in [5, 5.41) is 0. The molecule has 0 aromatic carbocycles. The highest BCUT2D eigenvalue weighted by Gasteiger charge is 2.34. The van der Waals surface area contributed by atoms with Crippen LogP contribution in [0.25, 0.3) is 0 Å². The van der Waals surface area contributed by atoms with Gasteiger partial charge in [0.05, 0.1) is 23.2 Å². The average molecular weight is 356 g/mol. The lowest BCUT2D eigenvalue weighted by Crippen LogP contribution is -2.38. The number of amides is 1. The zero-order valence-corrected chi connectivity index (χ0v) is 15.5. The van der Waals surface area contributed by atoms with Crippen LogP contribution in [0.5, 0.6) is 0 Å². The van der Waals surface area contributed by atoms with Gasteiger partial charge in [0, 0.05) is 18.8 Å². The molecule has 0 unspecified atom stereocenters. The molecule has 1 aliphatic rings. The van der Waals surface area contributed by atoms with Crippen LogP contribution in [0.2, 0.25) is 0 Å². The summed E-state index contributed by atoms with van der Waals surface area (Å²) in [7, 11) is -1.48. The van der Waals surface area contributed by atoms with E-state index in [0.717, 1.165) is 0 Å². The van der Waals surface area contributed by atoms with E-state index >= 15 is 0 Å². The van der Waals surface area contributed by atoms with Gasteiger partial charge in [-0.15, -0.1) is 0 Å². The quantitative estimate of drug-likeness (QED) is 0.824. The summed E-state index contributed by atoms with van der Waals surface area (Å²) in [6, 6.07) is -0.337. The molecule has 1 atom stereocenters. The first kappa shape index (κ1) is 18.5. The summed E-state index contributed by atoms with van der Waals surface area (Å²) in [5.74, 6) is -0.706. The van der Waals surface area contributed by atoms with E-state index in [2.05, 4.69) is 4.98 Å². The number of nitrogens with zero attached hydrogens (tertiary/aromatic N) is 1. The van der Waals surface area contributed by atoms with Crippen molar-refractivity contribution in [3.05, 3.63) is 22.5 Å². The second kappa shape index (κ2) is 6.58. The van der Waals surface area contributed by atoms with Gasteiger partial charge in [0.25, 0.3) is 5.91 Å². The molecule has 1 aromatic heterocycles. The van der Waals surface area contributed by atoms with Gasteiger partial charge < -0.3 is 14.6 Å². The molecule has 134 valence electrons. The Labute approximate surface area is 142 Å². The highest BCUT2D eigenvalue weighted by atomic mass is 32.2. The highest BCUT2D eigenvalue weighted by molar-refractivity contribution is 7.91. The Morgan fingerprint density at radius 1 is 1.29 bits per heavy atom. The summed E-state index contributed by atoms with van der Waals surface area (Å²) >= 11 is 0. The highest BCUT2D eigenvalue weighted by Crippen LogP contribution is 2.23. The fourth-order valence-electron chi connectivity index (χ4n) is 2.97. The molecule has 1 N–H and O–H groups in total. The Morgan fingerprint density at radius 3 is 2.42 bits per heavy atom. The number of carbonyl (C=O) groups is 2. The molecule has 7 nitrogen and oxygen atoms in total. The topological polar surface area (TPSA) is 96.5 Å². The number of carbonyl (C=O) groups excluding carboxylic acids is 2. The minimum absolute atomic E-state index is 0.0176. The van der Waals surface area contributed by atoms with E-state index in [1.165, 1.54) is 4.90 Å². The monoisotopic (exact) mass is 356 g/mol. The summed E-state index contributed by atoms with van der Waals surface area (Å²) in [5.41, 5.74) is 1.75. The molecule has 1 amide bonds. The maximum Gasteiger partial charge on any atom is 0.340 e. The predicted molar refractivity (Wildman–Crippen MR) is 90.0 cm³/mol. The summed E-state index contributed by atoms with van der Waals surface area (Å²) < 4.78 is 28.4. The second-order valence-corrected chi connectivity index (χ2v) is 8.78. The van der Waals surface area contributed by atoms with E-state index in [-0.39, 0.29) is 29.6 Å². The SMILES string of the molecule is Cc1[nH]c(C(=O)N(C)[C@@H]2CCS(=O)(=O)C2)c(C)c1C(=O)OC(C)C. The number of H-pyrrole nitrogens is 1. The number of hydrogen-bond donors (Lipinski definition) is 1. The number of hydrogen-bond acceptors (Lipinski definition) is 5. The molecule has 1 saturated heterocycles. The van der Waals surface area contributed by atoms with Gasteiger partial charge in [-0.05, 0) is 39.7 Å². The average Bonchev–Trinajstić information content (AvgIpc) is 2.96. The molecule has 2 rings (SSSR count). The molecule has 1 aliphatic heterocycles. The van der Waals surface area contributed by atoms with Crippen LogP contribution in [-0.2, 0) is 14.6 Å². The van der Waals surface area contributed by atoms with Crippen molar-refractivity contribution >= 4 is 21.7 Å². The van der Waals surface area contributed by atoms with Crippen molar-refractivity contribution < 1.29 is 22.7 Å². The molecule has 0 spiro atoms. The van der Waals surface area contributed by atoms with Crippen molar-refractivity contribution in [3.63, 3.8) is 0 Å². The van der Waals surface area contributed by atoms with Crippen molar-refractivity contribution in [2.24, 2.45) is 0 Å². The molecule has 1 aromatic rings. The zero-order valence-electron chi connectivity index (χ0n) is 14.7. The van der Waals surface area contributed by atoms with E-state index in [9.17, 15) is 18.0 Å². The molecule has 0 radical (unpaired) electrons. The Balaban J connectivity index is 2.26. The third kappa shape index (κ3) is 3.63. The number of nitrogens with one attached hydrogen (secondary N) is 1. The van der Waals surface area contributed by atoms with Crippen molar-refractivity contribution in [1.82, 2.24) is 9.88 Å². The molecule has 24 heavy (non-hydrogen) atoms. The number of aromatic amines is 1. The lowest BCUT2D eigenvalue weighted by atomic mass is 10.1. The lowest BCUT2D eigenvalue weighted by Gasteiger charge is -2.23. The van der Waals surface area contributed by atoms with Crippen molar-refractivity contribution in [1.29, 1.82) is 0 Å². The van der Waals surface area contributed by atoms with Crippen LogP contribution in [0.1, 0.15) is 52.4 Å². The normalized spacial score (nSPS) is 19.5. The van der Waals surface area contributed by atoms with E-state index in [0.29, 0.717) is 28.9 Å². The van der Waals surface area contributed by atoms with Gasteiger partial charge >= 0.3 is 5.97 Å². The van der Waals surface area contributed by atoms with Crippen molar-refractivity contribution in [3.8, 4) is 0 Å². The van der Waals surface area contributed by atoms with Crippen LogP contribution in [0, 0.1) is 13.8 Å². The summed E-state index contributed by atoms with van der Waals surface area (Å²) in [4.78, 5) is 29.3. The second-order valence-electron chi connectivity index (χ2n) is 6.55. The van der Waals surface area contributed by atoms with Crippen molar-refractivity contribution in [2.75, 3.05) is 18.6 Å². The minimum atomic E-state index is -3.07. The van der Waals surface area contributed by atoms with Gasteiger partial charge in [0.1, 0.15) is 5.69 Å². The number of ether oxygens (including phenoxy) is 1. The number of aromatic nitrogens is 1. The Bertz CT molecular complexity index is 764. The molecule has 0 bridgehead atoms. The van der Waals surface area contributed by atoms with Gasteiger partial charge in [-0.2, -0.15) is 0 Å². The standard InChI is InChI=1S/C16H24N2O5S/c1-9(2)23-16(20)13-10(3)14(17-11(13)4)15(19)18(5)12-6-7-24(21,22)8-12/h9,12,17H,6-8H2,1-5H3/t12-/m1/s1. The molecule has 2 heterocycles. The first-order valence-corrected chi connectivity index (χ1v) is 9.73. The Hall–Kier alpha value is -1.83.